The van der Waals surface area contributed by atoms with Gasteiger partial charge in [0.15, 0.2) is 0 Å². The zero-order valence-corrected chi connectivity index (χ0v) is 19.4. The Labute approximate surface area is 174 Å². The molecule has 0 amide bonds. The Balaban J connectivity index is 2.22. The molecule has 0 unspecified atom stereocenters. The van der Waals surface area contributed by atoms with Crippen molar-refractivity contribution in [3.63, 3.8) is 0 Å². The van der Waals surface area contributed by atoms with E-state index in [4.69, 9.17) is 0 Å². The second kappa shape index (κ2) is 9.74. The molecule has 0 aliphatic heterocycles. The van der Waals surface area contributed by atoms with Crippen molar-refractivity contribution in [3.05, 3.63) is 69.9 Å². The first-order chi connectivity index (χ1) is 13.2. The highest BCUT2D eigenvalue weighted by Gasteiger charge is 2.30. The Morgan fingerprint density at radius 1 is 1.21 bits per heavy atom. The van der Waals surface area contributed by atoms with E-state index in [0.717, 1.165) is 25.9 Å². The molecule has 0 aromatic heterocycles. The van der Waals surface area contributed by atoms with Crippen LogP contribution in [0.1, 0.15) is 74.1 Å². The molecule has 0 radical (unpaired) electrons. The lowest BCUT2D eigenvalue weighted by atomic mass is 9.70. The minimum atomic E-state index is 0.0369. The van der Waals surface area contributed by atoms with Gasteiger partial charge in [0, 0.05) is 5.41 Å². The molecule has 1 nitrogen and oxygen atoms in total. The van der Waals surface area contributed by atoms with Gasteiger partial charge in [-0.1, -0.05) is 64.2 Å². The lowest BCUT2D eigenvalue weighted by Crippen LogP contribution is -2.24. The molecule has 0 heterocycles. The second-order valence-electron chi connectivity index (χ2n) is 9.02. The van der Waals surface area contributed by atoms with E-state index in [1.165, 1.54) is 58.4 Å². The molecule has 1 heteroatoms. The summed E-state index contributed by atoms with van der Waals surface area (Å²) < 4.78 is 0. The zero-order valence-electron chi connectivity index (χ0n) is 19.4. The normalized spacial score (nSPS) is 20.4. The van der Waals surface area contributed by atoms with E-state index in [-0.39, 0.29) is 5.41 Å². The molecule has 154 valence electrons. The number of nitrogens with zero attached hydrogens (tertiary/aromatic N) is 1. The van der Waals surface area contributed by atoms with Crippen molar-refractivity contribution in [3.8, 4) is 0 Å². The van der Waals surface area contributed by atoms with E-state index >= 15 is 0 Å². The van der Waals surface area contributed by atoms with Crippen LogP contribution in [0.25, 0.3) is 0 Å². The van der Waals surface area contributed by atoms with Gasteiger partial charge < -0.3 is 4.90 Å². The maximum Gasteiger partial charge on any atom is 0.00874 e. The highest BCUT2D eigenvalue weighted by atomic mass is 15.1. The smallest absolute Gasteiger partial charge is 0.00874 e. The van der Waals surface area contributed by atoms with Gasteiger partial charge >= 0.3 is 0 Å². The van der Waals surface area contributed by atoms with Gasteiger partial charge in [-0.2, -0.15) is 0 Å². The van der Waals surface area contributed by atoms with Crippen LogP contribution in [-0.4, -0.2) is 24.5 Å². The minimum Gasteiger partial charge on any atom is -0.304 e. The summed E-state index contributed by atoms with van der Waals surface area (Å²) in [7, 11) is 0. The summed E-state index contributed by atoms with van der Waals surface area (Å²) in [6, 6.07) is 0. The first-order valence-electron chi connectivity index (χ1n) is 11.1. The van der Waals surface area contributed by atoms with Gasteiger partial charge in [0.2, 0.25) is 0 Å². The van der Waals surface area contributed by atoms with Crippen molar-refractivity contribution < 1.29 is 0 Å². The molecule has 0 N–H and O–H groups in total. The highest BCUT2D eigenvalue weighted by Crippen LogP contribution is 2.45. The van der Waals surface area contributed by atoms with Crippen LogP contribution in [0.3, 0.4) is 0 Å². The molecule has 0 aromatic rings. The molecule has 2 aliphatic rings. The van der Waals surface area contributed by atoms with Gasteiger partial charge in [-0.15, -0.1) is 0 Å². The van der Waals surface area contributed by atoms with Gasteiger partial charge in [-0.3, -0.25) is 0 Å². The van der Waals surface area contributed by atoms with Crippen LogP contribution in [0.4, 0.5) is 0 Å². The summed E-state index contributed by atoms with van der Waals surface area (Å²) in [5, 5.41) is 0. The average Bonchev–Trinajstić information content (AvgIpc) is 2.66. The standard InChI is InChI=1S/C27H41N/c1-9-28(10-2)17-13-14-20(3)18-26-23(6)22(5)25(19-27(26,7)8)24-16-12-11-15-21(24)4/h11,15,18-19H,5,9-10,12-14,16-17H2,1-4,6-8H3/b20-18+. The molecule has 28 heavy (non-hydrogen) atoms. The van der Waals surface area contributed by atoms with E-state index in [0.29, 0.717) is 0 Å². The number of allylic oxidation sites excluding steroid dienone is 11. The second-order valence-corrected chi connectivity index (χ2v) is 9.02. The van der Waals surface area contributed by atoms with Crippen molar-refractivity contribution in [2.75, 3.05) is 19.6 Å². The largest absolute Gasteiger partial charge is 0.304 e. The van der Waals surface area contributed by atoms with Crippen molar-refractivity contribution in [1.29, 1.82) is 0 Å². The SMILES string of the molecule is C=C1C(C2=C(C)C=CCC2)=CC(C)(C)C(/C=C(\C)CCCN(CC)CC)=C1C. The first-order valence-corrected chi connectivity index (χ1v) is 11.1. The lowest BCUT2D eigenvalue weighted by Gasteiger charge is -2.34. The predicted molar refractivity (Wildman–Crippen MR) is 126 cm³/mol. The zero-order chi connectivity index (χ0) is 20.9. The van der Waals surface area contributed by atoms with E-state index < -0.39 is 0 Å². The van der Waals surface area contributed by atoms with Crippen molar-refractivity contribution >= 4 is 0 Å². The predicted octanol–water partition coefficient (Wildman–Crippen LogP) is 7.56. The van der Waals surface area contributed by atoms with E-state index in [9.17, 15) is 0 Å². The fourth-order valence-electron chi connectivity index (χ4n) is 4.51. The maximum absolute atomic E-state index is 4.50. The monoisotopic (exact) mass is 379 g/mol. The summed E-state index contributed by atoms with van der Waals surface area (Å²) in [4.78, 5) is 2.51. The fourth-order valence-corrected chi connectivity index (χ4v) is 4.51. The van der Waals surface area contributed by atoms with Gasteiger partial charge in [0.25, 0.3) is 0 Å². The molecular formula is C27H41N. The Bertz CT molecular complexity index is 745. The van der Waals surface area contributed by atoms with Gasteiger partial charge in [-0.25, -0.2) is 0 Å². The molecule has 0 aromatic carbocycles. The van der Waals surface area contributed by atoms with E-state index in [1.54, 1.807) is 0 Å². The number of hydrogen-bond donors (Lipinski definition) is 0. The molecule has 2 rings (SSSR count). The topological polar surface area (TPSA) is 3.24 Å². The Morgan fingerprint density at radius 2 is 1.89 bits per heavy atom. The minimum absolute atomic E-state index is 0.0369. The van der Waals surface area contributed by atoms with Crippen molar-refractivity contribution in [1.82, 2.24) is 4.90 Å². The molecule has 0 fully saturated rings. The lowest BCUT2D eigenvalue weighted by molar-refractivity contribution is 0.300. The molecular weight excluding hydrogens is 338 g/mol. The summed E-state index contributed by atoms with van der Waals surface area (Å²) in [5.41, 5.74) is 9.79. The summed E-state index contributed by atoms with van der Waals surface area (Å²) in [6.45, 7) is 24.0. The van der Waals surface area contributed by atoms with Gasteiger partial charge in [0.05, 0.1) is 0 Å². The first kappa shape index (κ1) is 22.7. The third-order valence-electron chi connectivity index (χ3n) is 6.44. The van der Waals surface area contributed by atoms with Crippen LogP contribution in [0.15, 0.2) is 69.9 Å². The highest BCUT2D eigenvalue weighted by molar-refractivity contribution is 5.64. The van der Waals surface area contributed by atoms with Crippen LogP contribution < -0.4 is 0 Å². The number of rotatable bonds is 8. The summed E-state index contributed by atoms with van der Waals surface area (Å²) >= 11 is 0. The van der Waals surface area contributed by atoms with E-state index in [2.05, 4.69) is 84.2 Å². The van der Waals surface area contributed by atoms with Crippen LogP contribution in [0.2, 0.25) is 0 Å². The number of hydrogen-bond acceptors (Lipinski definition) is 1. The Hall–Kier alpha value is -1.60. The molecule has 2 aliphatic carbocycles. The van der Waals surface area contributed by atoms with Gasteiger partial charge in [-0.05, 0) is 99.5 Å². The third kappa shape index (κ3) is 5.26. The molecule has 0 atom stereocenters. The average molecular weight is 380 g/mol. The Kier molecular flexibility index (Phi) is 7.89. The van der Waals surface area contributed by atoms with Crippen LogP contribution in [-0.2, 0) is 0 Å². The fraction of sp³-hybridized carbons (Fsp3) is 0.556. The summed E-state index contributed by atoms with van der Waals surface area (Å²) in [5.74, 6) is 0. The summed E-state index contributed by atoms with van der Waals surface area (Å²) in [6.07, 6.45) is 14.1. The molecule has 0 saturated carbocycles. The maximum atomic E-state index is 4.50. The van der Waals surface area contributed by atoms with Crippen LogP contribution in [0, 0.1) is 5.41 Å². The van der Waals surface area contributed by atoms with Crippen LogP contribution >= 0.6 is 0 Å². The van der Waals surface area contributed by atoms with Gasteiger partial charge in [0.1, 0.15) is 0 Å². The third-order valence-corrected chi connectivity index (χ3v) is 6.44. The van der Waals surface area contributed by atoms with Crippen LogP contribution in [0.5, 0.6) is 0 Å². The molecule has 0 bridgehead atoms. The molecule has 0 spiro atoms. The quantitative estimate of drug-likeness (QED) is 0.420. The van der Waals surface area contributed by atoms with E-state index in [1.807, 2.05) is 0 Å². The van der Waals surface area contributed by atoms with Crippen molar-refractivity contribution in [2.45, 2.75) is 74.1 Å². The van der Waals surface area contributed by atoms with Crippen molar-refractivity contribution in [2.24, 2.45) is 5.41 Å². The molecule has 0 saturated heterocycles. The Morgan fingerprint density at radius 3 is 2.50 bits per heavy atom.